The molecule has 10 heteroatoms. The van der Waals surface area contributed by atoms with Crippen molar-refractivity contribution >= 4 is 23.2 Å². The number of ether oxygens (including phenoxy) is 2. The number of rotatable bonds is 5. The SMILES string of the molecule is COc1cc(Cl)c(C)cc1NC(=O)c1nn(-c2cccc(C(F)(F)F)c2)cc1OC. The number of carbonyl (C=O) groups is 1. The lowest BCUT2D eigenvalue weighted by Crippen LogP contribution is -2.15. The van der Waals surface area contributed by atoms with E-state index >= 15 is 0 Å². The van der Waals surface area contributed by atoms with Crippen LogP contribution >= 0.6 is 11.6 Å². The van der Waals surface area contributed by atoms with E-state index in [-0.39, 0.29) is 17.1 Å². The third kappa shape index (κ3) is 4.35. The standard InChI is InChI=1S/C20H17ClF3N3O3/c1-11-7-15(16(29-2)9-14(11)21)25-19(28)18-17(30-3)10-27(26-18)13-6-4-5-12(8-13)20(22,23)24/h4-10H,1-3H3,(H,25,28). The van der Waals surface area contributed by atoms with Crippen LogP contribution in [-0.4, -0.2) is 29.9 Å². The van der Waals surface area contributed by atoms with Gasteiger partial charge in [0.25, 0.3) is 5.91 Å². The summed E-state index contributed by atoms with van der Waals surface area (Å²) in [6.45, 7) is 1.76. The molecular formula is C20H17ClF3N3O3. The van der Waals surface area contributed by atoms with Crippen molar-refractivity contribution in [2.24, 2.45) is 0 Å². The van der Waals surface area contributed by atoms with Crippen molar-refractivity contribution < 1.29 is 27.4 Å². The van der Waals surface area contributed by atoms with Crippen LogP contribution in [0, 0.1) is 6.92 Å². The maximum absolute atomic E-state index is 13.0. The van der Waals surface area contributed by atoms with Crippen molar-refractivity contribution in [3.63, 3.8) is 0 Å². The minimum atomic E-state index is -4.50. The number of carbonyl (C=O) groups excluding carboxylic acids is 1. The zero-order valence-corrected chi connectivity index (χ0v) is 16.9. The number of aryl methyl sites for hydroxylation is 1. The number of nitrogens with one attached hydrogen (secondary N) is 1. The topological polar surface area (TPSA) is 65.4 Å². The van der Waals surface area contributed by atoms with Gasteiger partial charge in [0.05, 0.1) is 37.4 Å². The van der Waals surface area contributed by atoms with E-state index in [1.807, 2.05) is 0 Å². The van der Waals surface area contributed by atoms with Gasteiger partial charge in [0, 0.05) is 11.1 Å². The maximum Gasteiger partial charge on any atom is 0.416 e. The highest BCUT2D eigenvalue weighted by atomic mass is 35.5. The fourth-order valence-electron chi connectivity index (χ4n) is 2.73. The Bertz CT molecular complexity index is 1100. The van der Waals surface area contributed by atoms with Gasteiger partial charge in [-0.1, -0.05) is 17.7 Å². The van der Waals surface area contributed by atoms with Crippen molar-refractivity contribution in [3.8, 4) is 17.2 Å². The second-order valence-electron chi connectivity index (χ2n) is 6.29. The quantitative estimate of drug-likeness (QED) is 0.599. The first-order chi connectivity index (χ1) is 14.1. The highest BCUT2D eigenvalue weighted by molar-refractivity contribution is 6.31. The molecule has 0 aliphatic carbocycles. The summed E-state index contributed by atoms with van der Waals surface area (Å²) in [6, 6.07) is 7.77. The Morgan fingerprint density at radius 2 is 1.83 bits per heavy atom. The van der Waals surface area contributed by atoms with E-state index < -0.39 is 17.6 Å². The van der Waals surface area contributed by atoms with Gasteiger partial charge in [0.1, 0.15) is 5.75 Å². The van der Waals surface area contributed by atoms with Gasteiger partial charge in [-0.3, -0.25) is 4.79 Å². The van der Waals surface area contributed by atoms with Gasteiger partial charge < -0.3 is 14.8 Å². The van der Waals surface area contributed by atoms with Crippen molar-refractivity contribution in [1.82, 2.24) is 9.78 Å². The predicted octanol–water partition coefficient (Wildman–Crippen LogP) is 5.12. The minimum absolute atomic E-state index is 0.0922. The summed E-state index contributed by atoms with van der Waals surface area (Å²) in [4.78, 5) is 12.8. The first kappa shape index (κ1) is 21.5. The Morgan fingerprint density at radius 1 is 1.13 bits per heavy atom. The average Bonchev–Trinajstić information content (AvgIpc) is 3.14. The molecule has 1 N–H and O–H groups in total. The molecule has 0 fully saturated rings. The first-order valence-electron chi connectivity index (χ1n) is 8.60. The van der Waals surface area contributed by atoms with E-state index in [0.29, 0.717) is 22.0 Å². The van der Waals surface area contributed by atoms with Crippen molar-refractivity contribution in [3.05, 3.63) is 64.4 Å². The predicted molar refractivity (Wildman–Crippen MR) is 106 cm³/mol. The molecular weight excluding hydrogens is 423 g/mol. The highest BCUT2D eigenvalue weighted by Crippen LogP contribution is 2.33. The molecule has 3 rings (SSSR count). The van der Waals surface area contributed by atoms with E-state index in [4.69, 9.17) is 21.1 Å². The molecule has 1 heterocycles. The lowest BCUT2D eigenvalue weighted by molar-refractivity contribution is -0.137. The molecule has 0 unspecified atom stereocenters. The molecule has 0 saturated heterocycles. The molecule has 3 aromatic rings. The van der Waals surface area contributed by atoms with E-state index in [2.05, 4.69) is 10.4 Å². The van der Waals surface area contributed by atoms with Gasteiger partial charge in [-0.15, -0.1) is 0 Å². The fraction of sp³-hybridized carbons (Fsp3) is 0.200. The highest BCUT2D eigenvalue weighted by Gasteiger charge is 2.31. The minimum Gasteiger partial charge on any atom is -0.495 e. The van der Waals surface area contributed by atoms with E-state index in [0.717, 1.165) is 16.8 Å². The van der Waals surface area contributed by atoms with Crippen LogP contribution in [0.4, 0.5) is 18.9 Å². The summed E-state index contributed by atoms with van der Waals surface area (Å²) < 4.78 is 50.6. The van der Waals surface area contributed by atoms with Gasteiger partial charge in [-0.2, -0.15) is 18.3 Å². The summed E-state index contributed by atoms with van der Waals surface area (Å²) in [6.07, 6.45) is -3.18. The van der Waals surface area contributed by atoms with Crippen molar-refractivity contribution in [2.75, 3.05) is 19.5 Å². The number of benzene rings is 2. The Labute approximate surface area is 175 Å². The van der Waals surface area contributed by atoms with Gasteiger partial charge in [-0.25, -0.2) is 4.68 Å². The molecule has 0 bridgehead atoms. The van der Waals surface area contributed by atoms with Crippen LogP contribution in [0.3, 0.4) is 0 Å². The summed E-state index contributed by atoms with van der Waals surface area (Å²) in [5.41, 5.74) is 0.266. The van der Waals surface area contributed by atoms with Gasteiger partial charge >= 0.3 is 6.18 Å². The average molecular weight is 440 g/mol. The van der Waals surface area contributed by atoms with Crippen LogP contribution in [0.1, 0.15) is 21.6 Å². The van der Waals surface area contributed by atoms with Crippen LogP contribution in [0.25, 0.3) is 5.69 Å². The summed E-state index contributed by atoms with van der Waals surface area (Å²) in [5, 5.41) is 7.24. The number of halogens is 4. The molecule has 2 aromatic carbocycles. The lowest BCUT2D eigenvalue weighted by atomic mass is 10.2. The van der Waals surface area contributed by atoms with Crippen LogP contribution < -0.4 is 14.8 Å². The lowest BCUT2D eigenvalue weighted by Gasteiger charge is -2.12. The van der Waals surface area contributed by atoms with Gasteiger partial charge in [0.15, 0.2) is 11.4 Å². The zero-order valence-electron chi connectivity index (χ0n) is 16.2. The summed E-state index contributed by atoms with van der Waals surface area (Å²) in [5.74, 6) is -0.192. The molecule has 0 radical (unpaired) electrons. The van der Waals surface area contributed by atoms with Crippen LogP contribution in [0.5, 0.6) is 11.5 Å². The van der Waals surface area contributed by atoms with Gasteiger partial charge in [0.2, 0.25) is 0 Å². The molecule has 0 atom stereocenters. The maximum atomic E-state index is 13.0. The number of hydrogen-bond donors (Lipinski definition) is 1. The molecule has 6 nitrogen and oxygen atoms in total. The Morgan fingerprint density at radius 3 is 2.47 bits per heavy atom. The monoisotopic (exact) mass is 439 g/mol. The molecule has 1 aromatic heterocycles. The third-order valence-electron chi connectivity index (χ3n) is 4.28. The smallest absolute Gasteiger partial charge is 0.416 e. The fourth-order valence-corrected chi connectivity index (χ4v) is 2.89. The van der Waals surface area contributed by atoms with Crippen LogP contribution in [0.2, 0.25) is 5.02 Å². The molecule has 0 saturated carbocycles. The van der Waals surface area contributed by atoms with Crippen LogP contribution in [0.15, 0.2) is 42.6 Å². The van der Waals surface area contributed by atoms with Crippen LogP contribution in [-0.2, 0) is 6.18 Å². The molecule has 1 amide bonds. The number of methoxy groups -OCH3 is 2. The van der Waals surface area contributed by atoms with E-state index in [9.17, 15) is 18.0 Å². The summed E-state index contributed by atoms with van der Waals surface area (Å²) in [7, 11) is 2.76. The largest absolute Gasteiger partial charge is 0.495 e. The third-order valence-corrected chi connectivity index (χ3v) is 4.69. The number of amides is 1. The van der Waals surface area contributed by atoms with Gasteiger partial charge in [-0.05, 0) is 36.8 Å². The Kier molecular flexibility index (Phi) is 5.93. The number of alkyl halides is 3. The molecule has 0 aliphatic heterocycles. The number of hydrogen-bond acceptors (Lipinski definition) is 4. The number of aromatic nitrogens is 2. The second-order valence-corrected chi connectivity index (χ2v) is 6.70. The van der Waals surface area contributed by atoms with Crippen molar-refractivity contribution in [2.45, 2.75) is 13.1 Å². The molecule has 0 spiro atoms. The Balaban J connectivity index is 1.96. The second kappa shape index (κ2) is 8.27. The first-order valence-corrected chi connectivity index (χ1v) is 8.98. The van der Waals surface area contributed by atoms with Crippen molar-refractivity contribution in [1.29, 1.82) is 0 Å². The number of anilines is 1. The number of nitrogens with zero attached hydrogens (tertiary/aromatic N) is 2. The van der Waals surface area contributed by atoms with E-state index in [1.165, 1.54) is 32.5 Å². The Hall–Kier alpha value is -3.20. The summed E-state index contributed by atoms with van der Waals surface area (Å²) >= 11 is 6.07. The molecule has 0 aliphatic rings. The molecule has 30 heavy (non-hydrogen) atoms. The van der Waals surface area contributed by atoms with E-state index in [1.54, 1.807) is 19.1 Å². The zero-order chi connectivity index (χ0) is 22.1. The molecule has 158 valence electrons. The normalized spacial score (nSPS) is 11.3.